The van der Waals surface area contributed by atoms with Crippen LogP contribution in [0.15, 0.2) is 126 Å². The lowest BCUT2D eigenvalue weighted by Crippen LogP contribution is -2.23. The van der Waals surface area contributed by atoms with Gasteiger partial charge < -0.3 is 4.74 Å². The molecule has 1 heterocycles. The zero-order valence-corrected chi connectivity index (χ0v) is 20.1. The summed E-state index contributed by atoms with van der Waals surface area (Å²) >= 11 is 0. The highest BCUT2D eigenvalue weighted by Gasteiger charge is 2.45. The average molecular weight is 471 g/mol. The number of benzene rings is 4. The van der Waals surface area contributed by atoms with Crippen molar-refractivity contribution in [3.05, 3.63) is 163 Å². The van der Waals surface area contributed by atoms with Gasteiger partial charge in [-0.2, -0.15) is 0 Å². The zero-order valence-electron chi connectivity index (χ0n) is 19.2. The second-order valence-corrected chi connectivity index (χ2v) is 10.8. The summed E-state index contributed by atoms with van der Waals surface area (Å²) in [6, 6.07) is 42.4. The number of nitrogens with zero attached hydrogens (tertiary/aromatic N) is 1. The van der Waals surface area contributed by atoms with Crippen molar-refractivity contribution >= 4 is 24.4 Å². The lowest BCUT2D eigenvalue weighted by atomic mass is 9.97. The van der Waals surface area contributed by atoms with Gasteiger partial charge in [0.1, 0.15) is 6.04 Å². The summed E-state index contributed by atoms with van der Waals surface area (Å²) in [6.07, 6.45) is 6.37. The van der Waals surface area contributed by atoms with E-state index in [1.54, 1.807) is 0 Å². The molecule has 0 spiro atoms. The molecule has 4 aromatic rings. The lowest BCUT2D eigenvalue weighted by Gasteiger charge is -2.29. The summed E-state index contributed by atoms with van der Waals surface area (Å²) in [5.41, 5.74) is 3.58. The number of aliphatic imine (C=N–C) groups is 1. The number of rotatable bonds is 6. The molecule has 3 heteroatoms. The van der Waals surface area contributed by atoms with E-state index in [9.17, 15) is 0 Å². The fourth-order valence-corrected chi connectivity index (χ4v) is 7.14. The van der Waals surface area contributed by atoms with Gasteiger partial charge in [-0.25, -0.2) is 4.99 Å². The van der Waals surface area contributed by atoms with Crippen LogP contribution in [-0.4, -0.2) is 5.90 Å². The van der Waals surface area contributed by atoms with Gasteiger partial charge in [0.15, 0.2) is 12.0 Å². The van der Waals surface area contributed by atoms with Crippen LogP contribution in [0.3, 0.4) is 0 Å². The van der Waals surface area contributed by atoms with Crippen molar-refractivity contribution in [1.29, 1.82) is 0 Å². The van der Waals surface area contributed by atoms with Crippen molar-refractivity contribution in [2.45, 2.75) is 12.1 Å². The highest BCUT2D eigenvalue weighted by atomic mass is 31.1. The molecule has 2 nitrogen and oxygen atoms in total. The predicted octanol–water partition coefficient (Wildman–Crippen LogP) is 6.76. The summed E-state index contributed by atoms with van der Waals surface area (Å²) < 4.78 is 6.68. The molecule has 2 atom stereocenters. The van der Waals surface area contributed by atoms with E-state index in [4.69, 9.17) is 9.73 Å². The van der Waals surface area contributed by atoms with Crippen LogP contribution >= 0.6 is 7.92 Å². The van der Waals surface area contributed by atoms with Gasteiger partial charge in [-0.15, -0.1) is 0 Å². The Morgan fingerprint density at radius 1 is 0.571 bits per heavy atom. The SMILES string of the molecule is [CH]1[CH][C](C2=N[C@H](c3ccccc3)[C@@H](c3ccccc3)O2)[C](P(c2ccccc2)c2ccccc2)[CH]1. The Labute approximate surface area is 209 Å². The minimum absolute atomic E-state index is 0.0870. The molecular weight excluding hydrogens is 445 g/mol. The molecule has 0 amide bonds. The first-order valence-electron chi connectivity index (χ1n) is 11.9. The fourth-order valence-electron chi connectivity index (χ4n) is 4.70. The van der Waals surface area contributed by atoms with Crippen LogP contribution in [0, 0.1) is 30.8 Å². The third-order valence-corrected chi connectivity index (χ3v) is 8.84. The molecule has 2 aliphatic rings. The Morgan fingerprint density at radius 3 is 1.66 bits per heavy atom. The standard InChI is InChI=1S/C32H25NOP/c1-5-14-24(15-6-1)30-31(25-16-7-2-8-17-25)34-32(33-30)28-22-13-23-29(28)35(26-18-9-3-10-19-26)27-20-11-4-12-21-27/h1-23,30-31H/t30-,31-/m1/s1. The first-order valence-corrected chi connectivity index (χ1v) is 13.2. The Bertz CT molecular complexity index is 1220. The third kappa shape index (κ3) is 4.56. The maximum absolute atomic E-state index is 6.68. The van der Waals surface area contributed by atoms with E-state index in [0.717, 1.165) is 22.9 Å². The lowest BCUT2D eigenvalue weighted by molar-refractivity contribution is 0.195. The monoisotopic (exact) mass is 470 g/mol. The topological polar surface area (TPSA) is 21.6 Å². The molecule has 4 aromatic carbocycles. The van der Waals surface area contributed by atoms with Gasteiger partial charge in [-0.1, -0.05) is 121 Å². The maximum atomic E-state index is 6.68. The highest BCUT2D eigenvalue weighted by Crippen LogP contribution is 2.58. The van der Waals surface area contributed by atoms with Crippen LogP contribution in [0.25, 0.3) is 0 Å². The van der Waals surface area contributed by atoms with E-state index in [0.29, 0.717) is 0 Å². The number of hydrogen-bond acceptors (Lipinski definition) is 2. The maximum Gasteiger partial charge on any atom is 0.193 e. The van der Waals surface area contributed by atoms with E-state index < -0.39 is 7.92 Å². The molecule has 1 aliphatic carbocycles. The van der Waals surface area contributed by atoms with Crippen LogP contribution in [0.1, 0.15) is 23.3 Å². The van der Waals surface area contributed by atoms with E-state index in [-0.39, 0.29) is 12.1 Å². The molecule has 6 rings (SSSR count). The summed E-state index contributed by atoms with van der Waals surface area (Å²) in [4.78, 5) is 5.19. The summed E-state index contributed by atoms with van der Waals surface area (Å²) in [5, 5.41) is 2.64. The smallest absolute Gasteiger partial charge is 0.193 e. The van der Waals surface area contributed by atoms with Crippen molar-refractivity contribution in [2.75, 3.05) is 0 Å². The van der Waals surface area contributed by atoms with Gasteiger partial charge in [0.05, 0.1) is 5.92 Å². The second-order valence-electron chi connectivity index (χ2n) is 8.57. The zero-order chi connectivity index (χ0) is 23.5. The van der Waals surface area contributed by atoms with Gasteiger partial charge in [0, 0.05) is 5.66 Å². The molecule has 1 aliphatic heterocycles. The molecule has 5 radical (unpaired) electrons. The second kappa shape index (κ2) is 10.2. The van der Waals surface area contributed by atoms with Crippen molar-refractivity contribution in [3.8, 4) is 0 Å². The summed E-state index contributed by atoms with van der Waals surface area (Å²) in [5.74, 6) is 1.82. The quantitative estimate of drug-likeness (QED) is 0.285. The number of hydrogen-bond donors (Lipinski definition) is 0. The largest absolute Gasteiger partial charge is 0.470 e. The molecule has 0 N–H and O–H groups in total. The van der Waals surface area contributed by atoms with Gasteiger partial charge >= 0.3 is 0 Å². The van der Waals surface area contributed by atoms with E-state index >= 15 is 0 Å². The molecule has 0 aromatic heterocycles. The molecule has 1 fully saturated rings. The van der Waals surface area contributed by atoms with E-state index in [2.05, 4.69) is 128 Å². The highest BCUT2D eigenvalue weighted by molar-refractivity contribution is 7.76. The molecule has 1 saturated carbocycles. The fraction of sp³-hybridized carbons (Fsp3) is 0.0625. The number of ether oxygens (including phenoxy) is 1. The minimum Gasteiger partial charge on any atom is -0.470 e. The molecule has 0 unspecified atom stereocenters. The van der Waals surface area contributed by atoms with Crippen LogP contribution in [-0.2, 0) is 4.74 Å². The van der Waals surface area contributed by atoms with Crippen LogP contribution < -0.4 is 10.6 Å². The summed E-state index contributed by atoms with van der Waals surface area (Å²) in [6.45, 7) is 0. The Balaban J connectivity index is 1.38. The van der Waals surface area contributed by atoms with Gasteiger partial charge in [-0.3, -0.25) is 0 Å². The predicted molar refractivity (Wildman–Crippen MR) is 145 cm³/mol. The van der Waals surface area contributed by atoms with Crippen molar-refractivity contribution < 1.29 is 4.74 Å². The van der Waals surface area contributed by atoms with Crippen molar-refractivity contribution in [3.63, 3.8) is 0 Å². The summed E-state index contributed by atoms with van der Waals surface area (Å²) in [7, 11) is -0.744. The first-order chi connectivity index (χ1) is 17.4. The van der Waals surface area contributed by atoms with Gasteiger partial charge in [-0.05, 0) is 48.9 Å². The average Bonchev–Trinajstić information content (AvgIpc) is 3.59. The molecule has 0 saturated heterocycles. The molecular formula is C32H25NOP. The minimum atomic E-state index is -0.744. The molecule has 35 heavy (non-hydrogen) atoms. The van der Waals surface area contributed by atoms with E-state index in [1.807, 2.05) is 12.1 Å². The Hall–Kier alpha value is -3.22. The van der Waals surface area contributed by atoms with Crippen molar-refractivity contribution in [2.24, 2.45) is 4.99 Å². The van der Waals surface area contributed by atoms with Crippen LogP contribution in [0.4, 0.5) is 0 Å². The molecule has 169 valence electrons. The molecule has 0 bridgehead atoms. The Kier molecular flexibility index (Phi) is 6.47. The van der Waals surface area contributed by atoms with Gasteiger partial charge in [0.25, 0.3) is 0 Å². The third-order valence-electron chi connectivity index (χ3n) is 6.34. The Morgan fingerprint density at radius 2 is 1.09 bits per heavy atom. The normalized spacial score (nSPS) is 20.7. The van der Waals surface area contributed by atoms with Crippen LogP contribution in [0.5, 0.6) is 0 Å². The van der Waals surface area contributed by atoms with Crippen molar-refractivity contribution in [1.82, 2.24) is 0 Å². The first kappa shape index (κ1) is 22.3. The van der Waals surface area contributed by atoms with Gasteiger partial charge in [0.2, 0.25) is 0 Å². The van der Waals surface area contributed by atoms with Crippen LogP contribution in [0.2, 0.25) is 0 Å². The van der Waals surface area contributed by atoms with E-state index in [1.165, 1.54) is 16.3 Å².